The fourth-order valence-corrected chi connectivity index (χ4v) is 3.42. The molecule has 1 aromatic carbocycles. The van der Waals surface area contributed by atoms with E-state index in [0.29, 0.717) is 31.2 Å². The van der Waals surface area contributed by atoms with Crippen molar-refractivity contribution >= 4 is 15.7 Å². The molecular formula is C17H26N2O4S. The lowest BCUT2D eigenvalue weighted by atomic mass is 10.1. The molecule has 0 saturated carbocycles. The lowest BCUT2D eigenvalue weighted by Gasteiger charge is -2.32. The van der Waals surface area contributed by atoms with E-state index in [1.165, 1.54) is 18.4 Å². The number of rotatable bonds is 7. The molecule has 1 fully saturated rings. The number of hydrogen-bond acceptors (Lipinski definition) is 5. The Hall–Kier alpha value is -1.60. The maximum Gasteiger partial charge on any atom is 0.222 e. The van der Waals surface area contributed by atoms with E-state index in [4.69, 9.17) is 4.74 Å². The molecule has 0 aromatic heterocycles. The van der Waals surface area contributed by atoms with Crippen LogP contribution in [0.15, 0.2) is 29.2 Å². The number of benzene rings is 1. The summed E-state index contributed by atoms with van der Waals surface area (Å²) in [5, 5.41) is 3.23. The van der Waals surface area contributed by atoms with Gasteiger partial charge in [0.1, 0.15) is 5.75 Å². The van der Waals surface area contributed by atoms with Crippen LogP contribution in [0.4, 0.5) is 0 Å². The molecule has 1 aliphatic rings. The van der Waals surface area contributed by atoms with Crippen LogP contribution in [0.2, 0.25) is 0 Å². The standard InChI is InChI=1S/C17H26N2O4S/c1-18-14-5-3-11-19(13-14)17(20)6-4-12-23-15-7-9-16(10-8-15)24(2,21)22/h7-10,14,18H,3-6,11-13H2,1-2H3. The number of carbonyl (C=O) groups is 1. The molecule has 6 nitrogen and oxygen atoms in total. The third-order valence-electron chi connectivity index (χ3n) is 4.24. The van der Waals surface area contributed by atoms with Gasteiger partial charge >= 0.3 is 0 Å². The number of likely N-dealkylation sites (tertiary alicyclic amines) is 1. The molecule has 1 saturated heterocycles. The fourth-order valence-electron chi connectivity index (χ4n) is 2.79. The minimum atomic E-state index is -3.19. The second-order valence-electron chi connectivity index (χ2n) is 6.16. The first-order chi connectivity index (χ1) is 11.4. The smallest absolute Gasteiger partial charge is 0.222 e. The lowest BCUT2D eigenvalue weighted by Crippen LogP contribution is -2.46. The average molecular weight is 354 g/mol. The molecule has 1 amide bonds. The monoisotopic (exact) mass is 354 g/mol. The van der Waals surface area contributed by atoms with E-state index >= 15 is 0 Å². The van der Waals surface area contributed by atoms with E-state index in [1.807, 2.05) is 11.9 Å². The molecule has 0 aliphatic carbocycles. The summed E-state index contributed by atoms with van der Waals surface area (Å²) in [6, 6.07) is 6.73. The molecule has 24 heavy (non-hydrogen) atoms. The minimum absolute atomic E-state index is 0.172. The first kappa shape index (κ1) is 18.7. The van der Waals surface area contributed by atoms with Gasteiger partial charge in [0.2, 0.25) is 5.91 Å². The van der Waals surface area contributed by atoms with Crippen molar-refractivity contribution < 1.29 is 17.9 Å². The van der Waals surface area contributed by atoms with Gasteiger partial charge in [0, 0.05) is 31.8 Å². The molecule has 2 rings (SSSR count). The van der Waals surface area contributed by atoms with Crippen molar-refractivity contribution in [2.75, 3.05) is 33.0 Å². The van der Waals surface area contributed by atoms with Crippen LogP contribution in [-0.4, -0.2) is 58.3 Å². The Balaban J connectivity index is 1.71. The number of nitrogens with zero attached hydrogens (tertiary/aromatic N) is 1. The normalized spacial score (nSPS) is 18.4. The Kier molecular flexibility index (Phi) is 6.62. The highest BCUT2D eigenvalue weighted by molar-refractivity contribution is 7.90. The van der Waals surface area contributed by atoms with Gasteiger partial charge in [-0.05, 0) is 50.6 Å². The molecule has 0 spiro atoms. The number of sulfone groups is 1. The van der Waals surface area contributed by atoms with Crippen molar-refractivity contribution in [3.05, 3.63) is 24.3 Å². The van der Waals surface area contributed by atoms with Crippen LogP contribution >= 0.6 is 0 Å². The number of amides is 1. The van der Waals surface area contributed by atoms with Crippen molar-refractivity contribution in [3.63, 3.8) is 0 Å². The third-order valence-corrected chi connectivity index (χ3v) is 5.37. The highest BCUT2D eigenvalue weighted by atomic mass is 32.2. The lowest BCUT2D eigenvalue weighted by molar-refractivity contribution is -0.132. The summed E-state index contributed by atoms with van der Waals surface area (Å²) in [4.78, 5) is 14.4. The molecule has 1 atom stereocenters. The molecule has 1 aromatic rings. The van der Waals surface area contributed by atoms with Gasteiger partial charge in [-0.1, -0.05) is 0 Å². The van der Waals surface area contributed by atoms with Crippen LogP contribution in [0.1, 0.15) is 25.7 Å². The van der Waals surface area contributed by atoms with E-state index in [1.54, 1.807) is 12.1 Å². The number of piperidine rings is 1. The molecule has 134 valence electrons. The van der Waals surface area contributed by atoms with Crippen molar-refractivity contribution in [1.29, 1.82) is 0 Å². The first-order valence-corrected chi connectivity index (χ1v) is 10.2. The summed E-state index contributed by atoms with van der Waals surface area (Å²) in [6.45, 7) is 2.06. The number of likely N-dealkylation sites (N-methyl/N-ethyl adjacent to an activating group) is 1. The largest absolute Gasteiger partial charge is 0.494 e. The summed E-state index contributed by atoms with van der Waals surface area (Å²) in [5.41, 5.74) is 0. The summed E-state index contributed by atoms with van der Waals surface area (Å²) in [7, 11) is -1.25. The minimum Gasteiger partial charge on any atom is -0.494 e. The highest BCUT2D eigenvalue weighted by Crippen LogP contribution is 2.16. The van der Waals surface area contributed by atoms with Crippen LogP contribution in [0.25, 0.3) is 0 Å². The van der Waals surface area contributed by atoms with Crippen LogP contribution in [0, 0.1) is 0 Å². The van der Waals surface area contributed by atoms with Crippen LogP contribution in [-0.2, 0) is 14.6 Å². The molecule has 0 bridgehead atoms. The summed E-state index contributed by atoms with van der Waals surface area (Å²) in [6.07, 6.45) is 4.45. The van der Waals surface area contributed by atoms with Gasteiger partial charge in [0.15, 0.2) is 9.84 Å². The Bertz CT molecular complexity index is 643. The Morgan fingerprint density at radius 3 is 2.67 bits per heavy atom. The van der Waals surface area contributed by atoms with Crippen molar-refractivity contribution in [2.45, 2.75) is 36.6 Å². The van der Waals surface area contributed by atoms with E-state index in [2.05, 4.69) is 5.32 Å². The maximum absolute atomic E-state index is 12.2. The number of carbonyl (C=O) groups excluding carboxylic acids is 1. The zero-order valence-electron chi connectivity index (χ0n) is 14.3. The van der Waals surface area contributed by atoms with Gasteiger partial charge in [0.05, 0.1) is 11.5 Å². The second-order valence-corrected chi connectivity index (χ2v) is 8.18. The zero-order chi connectivity index (χ0) is 17.6. The predicted molar refractivity (Wildman–Crippen MR) is 92.9 cm³/mol. The van der Waals surface area contributed by atoms with Gasteiger partial charge in [-0.15, -0.1) is 0 Å². The van der Waals surface area contributed by atoms with E-state index < -0.39 is 9.84 Å². The molecule has 7 heteroatoms. The number of nitrogens with one attached hydrogen (secondary N) is 1. The van der Waals surface area contributed by atoms with Crippen LogP contribution in [0.3, 0.4) is 0 Å². The van der Waals surface area contributed by atoms with Gasteiger partial charge in [-0.2, -0.15) is 0 Å². The highest BCUT2D eigenvalue weighted by Gasteiger charge is 2.21. The third kappa shape index (κ3) is 5.49. The second kappa shape index (κ2) is 8.48. The van der Waals surface area contributed by atoms with E-state index in [0.717, 1.165) is 25.9 Å². The zero-order valence-corrected chi connectivity index (χ0v) is 15.1. The molecule has 1 unspecified atom stereocenters. The average Bonchev–Trinajstić information content (AvgIpc) is 2.58. The van der Waals surface area contributed by atoms with E-state index in [-0.39, 0.29) is 10.8 Å². The quantitative estimate of drug-likeness (QED) is 0.750. The number of ether oxygens (including phenoxy) is 1. The van der Waals surface area contributed by atoms with Crippen molar-refractivity contribution in [2.24, 2.45) is 0 Å². The predicted octanol–water partition coefficient (Wildman–Crippen LogP) is 1.46. The van der Waals surface area contributed by atoms with Gasteiger partial charge < -0.3 is 15.0 Å². The Morgan fingerprint density at radius 2 is 2.04 bits per heavy atom. The first-order valence-electron chi connectivity index (χ1n) is 8.28. The maximum atomic E-state index is 12.2. The molecule has 1 heterocycles. The fraction of sp³-hybridized carbons (Fsp3) is 0.588. The molecule has 0 radical (unpaired) electrons. The van der Waals surface area contributed by atoms with Crippen molar-refractivity contribution in [3.8, 4) is 5.75 Å². The summed E-state index contributed by atoms with van der Waals surface area (Å²) in [5.74, 6) is 0.786. The van der Waals surface area contributed by atoms with E-state index in [9.17, 15) is 13.2 Å². The SMILES string of the molecule is CNC1CCCN(C(=O)CCCOc2ccc(S(C)(=O)=O)cc2)C1. The summed E-state index contributed by atoms with van der Waals surface area (Å²) < 4.78 is 28.4. The molecule has 1 N–H and O–H groups in total. The van der Waals surface area contributed by atoms with Gasteiger partial charge in [0.25, 0.3) is 0 Å². The van der Waals surface area contributed by atoms with Crippen LogP contribution in [0.5, 0.6) is 5.75 Å². The summed E-state index contributed by atoms with van der Waals surface area (Å²) >= 11 is 0. The van der Waals surface area contributed by atoms with Crippen LogP contribution < -0.4 is 10.1 Å². The Labute approximate surface area is 144 Å². The topological polar surface area (TPSA) is 75.7 Å². The molecular weight excluding hydrogens is 328 g/mol. The van der Waals surface area contributed by atoms with Gasteiger partial charge in [-0.3, -0.25) is 4.79 Å². The van der Waals surface area contributed by atoms with Gasteiger partial charge in [-0.25, -0.2) is 8.42 Å². The molecule has 1 aliphatic heterocycles. The van der Waals surface area contributed by atoms with Crippen molar-refractivity contribution in [1.82, 2.24) is 10.2 Å². The number of hydrogen-bond donors (Lipinski definition) is 1. The Morgan fingerprint density at radius 1 is 1.33 bits per heavy atom.